The van der Waals surface area contributed by atoms with Crippen LogP contribution in [0.15, 0.2) is 0 Å². The molecule has 4 bridgehead atoms. The molecule has 0 aromatic heterocycles. The molecule has 0 aromatic carbocycles. The van der Waals surface area contributed by atoms with Crippen LogP contribution in [0.2, 0.25) is 0 Å². The van der Waals surface area contributed by atoms with Crippen LogP contribution < -0.4 is 0 Å². The van der Waals surface area contributed by atoms with Crippen LogP contribution in [0.25, 0.3) is 0 Å². The first kappa shape index (κ1) is 18.8. The maximum Gasteiger partial charge on any atom is -0.0113 e. The SMILES string of the molecule is CCCCP(C1(C)CC2CCCC(C2)C1)C1(C)CC2CCCC(C2)C1. The standard InChI is InChI=1S/C24H43P/c1-4-5-12-25(23(2)15-19-8-6-9-20(13-19)16-23)24(3)17-21-10-7-11-22(14-21)18-24/h19-22H,4-18H2,1-3H3. The van der Waals surface area contributed by atoms with E-state index in [0.717, 1.165) is 34.0 Å². The quantitative estimate of drug-likeness (QED) is 0.435. The fourth-order valence-corrected chi connectivity index (χ4v) is 13.1. The van der Waals surface area contributed by atoms with Crippen LogP contribution in [-0.2, 0) is 0 Å². The van der Waals surface area contributed by atoms with Crippen LogP contribution in [0.4, 0.5) is 0 Å². The van der Waals surface area contributed by atoms with E-state index < -0.39 is 0 Å². The molecule has 4 rings (SSSR count). The van der Waals surface area contributed by atoms with Gasteiger partial charge in [-0.2, -0.15) is 0 Å². The summed E-state index contributed by atoms with van der Waals surface area (Å²) in [6.07, 6.45) is 23.4. The summed E-state index contributed by atoms with van der Waals surface area (Å²) in [7, 11) is 0.183. The summed E-state index contributed by atoms with van der Waals surface area (Å²) in [5.41, 5.74) is 0. The topological polar surface area (TPSA) is 0 Å². The second kappa shape index (κ2) is 7.45. The Morgan fingerprint density at radius 3 is 1.48 bits per heavy atom. The van der Waals surface area contributed by atoms with Crippen LogP contribution in [-0.4, -0.2) is 16.5 Å². The first-order chi connectivity index (χ1) is 12.0. The highest BCUT2D eigenvalue weighted by Crippen LogP contribution is 2.71. The molecule has 0 amide bonds. The number of hydrogen-bond donors (Lipinski definition) is 0. The van der Waals surface area contributed by atoms with E-state index in [1.54, 1.807) is 83.2 Å². The van der Waals surface area contributed by atoms with Gasteiger partial charge in [0.25, 0.3) is 0 Å². The molecule has 4 unspecified atom stereocenters. The average molecular weight is 363 g/mol. The summed E-state index contributed by atoms with van der Waals surface area (Å²) >= 11 is 0. The van der Waals surface area contributed by atoms with Crippen molar-refractivity contribution in [3.8, 4) is 0 Å². The minimum Gasteiger partial charge on any atom is -0.0945 e. The van der Waals surface area contributed by atoms with E-state index in [4.69, 9.17) is 0 Å². The third-order valence-corrected chi connectivity index (χ3v) is 12.8. The molecule has 144 valence electrons. The van der Waals surface area contributed by atoms with Crippen LogP contribution in [0, 0.1) is 23.7 Å². The summed E-state index contributed by atoms with van der Waals surface area (Å²) in [4.78, 5) is 0. The molecule has 4 aliphatic rings. The van der Waals surface area contributed by atoms with Crippen LogP contribution in [0.3, 0.4) is 0 Å². The fourth-order valence-electron chi connectivity index (χ4n) is 8.15. The Bertz CT molecular complexity index is 393. The Morgan fingerprint density at radius 2 is 1.12 bits per heavy atom. The lowest BCUT2D eigenvalue weighted by Crippen LogP contribution is -2.46. The lowest BCUT2D eigenvalue weighted by molar-refractivity contribution is 0.144. The molecule has 0 nitrogen and oxygen atoms in total. The number of rotatable bonds is 5. The number of fused-ring (bicyclic) bond motifs is 4. The third kappa shape index (κ3) is 3.86. The van der Waals surface area contributed by atoms with Crippen LogP contribution >= 0.6 is 7.92 Å². The largest absolute Gasteiger partial charge is 0.0945 e. The summed E-state index contributed by atoms with van der Waals surface area (Å²) in [5, 5.41) is 1.44. The monoisotopic (exact) mass is 362 g/mol. The average Bonchev–Trinajstić information content (AvgIpc) is 2.53. The van der Waals surface area contributed by atoms with Gasteiger partial charge < -0.3 is 0 Å². The number of hydrogen-bond acceptors (Lipinski definition) is 0. The minimum absolute atomic E-state index is 0.183. The van der Waals surface area contributed by atoms with E-state index in [-0.39, 0.29) is 7.92 Å². The highest BCUT2D eigenvalue weighted by molar-refractivity contribution is 7.61. The fraction of sp³-hybridized carbons (Fsp3) is 1.00. The molecule has 25 heavy (non-hydrogen) atoms. The van der Waals surface area contributed by atoms with Crippen molar-refractivity contribution in [2.45, 2.75) is 121 Å². The van der Waals surface area contributed by atoms with Gasteiger partial charge in [-0.25, -0.2) is 0 Å². The van der Waals surface area contributed by atoms with Crippen molar-refractivity contribution in [1.82, 2.24) is 0 Å². The van der Waals surface area contributed by atoms with Gasteiger partial charge in [0.05, 0.1) is 0 Å². The van der Waals surface area contributed by atoms with E-state index in [1.165, 1.54) is 12.8 Å². The molecule has 4 atom stereocenters. The van der Waals surface area contributed by atoms with Crippen LogP contribution in [0.1, 0.15) is 111 Å². The van der Waals surface area contributed by atoms with Gasteiger partial charge in [0.1, 0.15) is 0 Å². The van der Waals surface area contributed by atoms with Crippen LogP contribution in [0.5, 0.6) is 0 Å². The van der Waals surface area contributed by atoms with Gasteiger partial charge in [0.2, 0.25) is 0 Å². The van der Waals surface area contributed by atoms with Crippen molar-refractivity contribution < 1.29 is 0 Å². The minimum atomic E-state index is 0.183. The Kier molecular flexibility index (Phi) is 5.60. The van der Waals surface area contributed by atoms with Gasteiger partial charge in [-0.3, -0.25) is 0 Å². The van der Waals surface area contributed by atoms with E-state index in [0.29, 0.717) is 0 Å². The molecule has 0 aliphatic heterocycles. The highest BCUT2D eigenvalue weighted by Gasteiger charge is 2.52. The summed E-state index contributed by atoms with van der Waals surface area (Å²) in [5.74, 6) is 4.37. The molecular weight excluding hydrogens is 319 g/mol. The molecule has 4 saturated carbocycles. The van der Waals surface area contributed by atoms with E-state index in [9.17, 15) is 0 Å². The second-order valence-electron chi connectivity index (χ2n) is 11.1. The molecule has 0 N–H and O–H groups in total. The van der Waals surface area contributed by atoms with E-state index >= 15 is 0 Å². The number of unbranched alkanes of at least 4 members (excludes halogenated alkanes) is 1. The zero-order valence-corrected chi connectivity index (χ0v) is 18.3. The molecule has 4 aliphatic carbocycles. The van der Waals surface area contributed by atoms with Crippen molar-refractivity contribution in [3.63, 3.8) is 0 Å². The van der Waals surface area contributed by atoms with Gasteiger partial charge in [-0.15, -0.1) is 0 Å². The third-order valence-electron chi connectivity index (χ3n) is 8.74. The summed E-state index contributed by atoms with van der Waals surface area (Å²) in [6.45, 7) is 7.99. The maximum absolute atomic E-state index is 2.79. The highest BCUT2D eigenvalue weighted by atomic mass is 31.1. The van der Waals surface area contributed by atoms with Crippen molar-refractivity contribution in [3.05, 3.63) is 0 Å². The van der Waals surface area contributed by atoms with Gasteiger partial charge >= 0.3 is 0 Å². The predicted octanol–water partition coefficient (Wildman–Crippen LogP) is 7.99. The Hall–Kier alpha value is 0.430. The summed E-state index contributed by atoms with van der Waals surface area (Å²) < 4.78 is 0. The zero-order chi connectivity index (χ0) is 17.5. The molecule has 1 heteroatoms. The molecule has 0 saturated heterocycles. The van der Waals surface area contributed by atoms with Gasteiger partial charge in [-0.1, -0.05) is 73.6 Å². The van der Waals surface area contributed by atoms with Crippen molar-refractivity contribution >= 4 is 7.92 Å². The van der Waals surface area contributed by atoms with Gasteiger partial charge in [-0.05, 0) is 85.1 Å². The zero-order valence-electron chi connectivity index (χ0n) is 17.4. The Labute approximate surface area is 159 Å². The van der Waals surface area contributed by atoms with Gasteiger partial charge in [0.15, 0.2) is 0 Å². The Morgan fingerprint density at radius 1 is 0.720 bits per heavy atom. The predicted molar refractivity (Wildman–Crippen MR) is 113 cm³/mol. The summed E-state index contributed by atoms with van der Waals surface area (Å²) in [6, 6.07) is 0. The first-order valence-corrected chi connectivity index (χ1v) is 13.3. The molecule has 0 spiro atoms. The smallest absolute Gasteiger partial charge is 0.0113 e. The van der Waals surface area contributed by atoms with Crippen molar-refractivity contribution in [1.29, 1.82) is 0 Å². The molecule has 0 aromatic rings. The lowest BCUT2D eigenvalue weighted by Gasteiger charge is -2.58. The molecule has 0 heterocycles. The lowest BCUT2D eigenvalue weighted by atomic mass is 9.67. The van der Waals surface area contributed by atoms with Crippen molar-refractivity contribution in [2.24, 2.45) is 23.7 Å². The van der Waals surface area contributed by atoms with E-state index in [2.05, 4.69) is 20.8 Å². The molecular formula is C24H43P. The van der Waals surface area contributed by atoms with Crippen molar-refractivity contribution in [2.75, 3.05) is 6.16 Å². The maximum atomic E-state index is 2.79. The van der Waals surface area contributed by atoms with Gasteiger partial charge in [0, 0.05) is 0 Å². The molecule has 4 fully saturated rings. The Balaban J connectivity index is 1.58. The van der Waals surface area contributed by atoms with E-state index in [1.807, 2.05) is 0 Å². The molecule has 0 radical (unpaired) electrons. The normalized spacial score (nSPS) is 48.1. The first-order valence-electron chi connectivity index (χ1n) is 11.8. The second-order valence-corrected chi connectivity index (χ2v) is 14.6.